The molecule has 8 heteroatoms. The lowest BCUT2D eigenvalue weighted by molar-refractivity contribution is 0.0953. The lowest BCUT2D eigenvalue weighted by atomic mass is 10.2. The number of carbonyl (C=O) groups excluding carboxylic acids is 1. The third-order valence-electron chi connectivity index (χ3n) is 3.03. The summed E-state index contributed by atoms with van der Waals surface area (Å²) in [6.45, 7) is 0.0624. The zero-order valence-corrected chi connectivity index (χ0v) is 12.9. The Hall–Kier alpha value is -2.58. The van der Waals surface area contributed by atoms with Crippen molar-refractivity contribution in [3.63, 3.8) is 0 Å². The van der Waals surface area contributed by atoms with Gasteiger partial charge in [0.1, 0.15) is 6.61 Å². The van der Waals surface area contributed by atoms with Gasteiger partial charge in [-0.05, 0) is 5.56 Å². The molecule has 3 rings (SSSR count). The second-order valence-corrected chi connectivity index (χ2v) is 5.68. The highest BCUT2D eigenvalue weighted by Crippen LogP contribution is 2.25. The molecule has 0 aliphatic rings. The fourth-order valence-electron chi connectivity index (χ4n) is 1.93. The number of aliphatic hydroxyl groups excluding tert-OH is 1. The first-order valence-electron chi connectivity index (χ1n) is 6.98. The van der Waals surface area contributed by atoms with Gasteiger partial charge in [0.05, 0.1) is 4.88 Å². The number of thiazole rings is 1. The maximum atomic E-state index is 12.1. The molecule has 0 unspecified atom stereocenters. The van der Waals surface area contributed by atoms with Crippen molar-refractivity contribution >= 4 is 17.2 Å². The zero-order chi connectivity index (χ0) is 16.1. The summed E-state index contributed by atoms with van der Waals surface area (Å²) in [4.78, 5) is 17.2. The highest BCUT2D eigenvalue weighted by Gasteiger charge is 2.12. The molecule has 0 saturated heterocycles. The van der Waals surface area contributed by atoms with E-state index in [0.717, 1.165) is 10.4 Å². The van der Waals surface area contributed by atoms with Crippen molar-refractivity contribution in [2.75, 3.05) is 6.54 Å². The molecule has 0 bridgehead atoms. The predicted molar refractivity (Wildman–Crippen MR) is 83.8 cm³/mol. The Labute approximate surface area is 136 Å². The van der Waals surface area contributed by atoms with Crippen LogP contribution >= 0.6 is 11.3 Å². The smallest absolute Gasteiger partial charge is 0.280 e. The molecular weight excluding hydrogens is 316 g/mol. The largest absolute Gasteiger partial charge is 0.423 e. The van der Waals surface area contributed by atoms with Crippen LogP contribution in [-0.4, -0.2) is 32.7 Å². The van der Waals surface area contributed by atoms with Gasteiger partial charge in [-0.15, -0.1) is 21.5 Å². The SMILES string of the molecule is O=C(NCCc1nnc(CO)o1)c1ncc(-c2ccccc2)s1. The van der Waals surface area contributed by atoms with Gasteiger partial charge in [-0.1, -0.05) is 30.3 Å². The summed E-state index contributed by atoms with van der Waals surface area (Å²) in [5.74, 6) is 0.302. The maximum Gasteiger partial charge on any atom is 0.280 e. The molecule has 0 saturated carbocycles. The first-order chi connectivity index (χ1) is 11.3. The highest BCUT2D eigenvalue weighted by molar-refractivity contribution is 7.16. The van der Waals surface area contributed by atoms with Crippen molar-refractivity contribution in [1.29, 1.82) is 0 Å². The molecule has 2 heterocycles. The Morgan fingerprint density at radius 2 is 2.00 bits per heavy atom. The quantitative estimate of drug-likeness (QED) is 0.713. The molecule has 1 amide bonds. The minimum Gasteiger partial charge on any atom is -0.423 e. The van der Waals surface area contributed by atoms with Gasteiger partial charge >= 0.3 is 0 Å². The van der Waals surface area contributed by atoms with Crippen LogP contribution in [0, 0.1) is 0 Å². The first kappa shape index (κ1) is 15.3. The average Bonchev–Trinajstić information content (AvgIpc) is 3.25. The van der Waals surface area contributed by atoms with Gasteiger partial charge in [0.15, 0.2) is 5.01 Å². The van der Waals surface area contributed by atoms with Crippen molar-refractivity contribution in [3.05, 3.63) is 53.3 Å². The van der Waals surface area contributed by atoms with Crippen LogP contribution in [0.3, 0.4) is 0 Å². The van der Waals surface area contributed by atoms with Crippen LogP contribution in [0.5, 0.6) is 0 Å². The number of aromatic nitrogens is 3. The van der Waals surface area contributed by atoms with Crippen molar-refractivity contribution in [3.8, 4) is 10.4 Å². The van der Waals surface area contributed by atoms with Gasteiger partial charge in [-0.3, -0.25) is 4.79 Å². The maximum absolute atomic E-state index is 12.1. The molecule has 118 valence electrons. The molecule has 7 nitrogen and oxygen atoms in total. The number of carbonyl (C=O) groups is 1. The number of hydrogen-bond acceptors (Lipinski definition) is 7. The fourth-order valence-corrected chi connectivity index (χ4v) is 2.76. The second kappa shape index (κ2) is 7.12. The standard InChI is InChI=1S/C15H14N4O3S/c20-9-13-19-18-12(22-13)6-7-16-14(21)15-17-8-11(23-15)10-4-2-1-3-5-10/h1-5,8,20H,6-7,9H2,(H,16,21). The van der Waals surface area contributed by atoms with Crippen molar-refractivity contribution < 1.29 is 14.3 Å². The number of nitrogens with zero attached hydrogens (tertiary/aromatic N) is 3. The molecule has 3 aromatic rings. The van der Waals surface area contributed by atoms with Gasteiger partial charge in [-0.25, -0.2) is 4.98 Å². The number of nitrogens with one attached hydrogen (secondary N) is 1. The normalized spacial score (nSPS) is 10.7. The van der Waals surface area contributed by atoms with Gasteiger partial charge in [0.25, 0.3) is 5.91 Å². The van der Waals surface area contributed by atoms with E-state index >= 15 is 0 Å². The molecule has 0 aliphatic carbocycles. The highest BCUT2D eigenvalue weighted by atomic mass is 32.1. The van der Waals surface area contributed by atoms with Crippen molar-refractivity contribution in [1.82, 2.24) is 20.5 Å². The number of amides is 1. The van der Waals surface area contributed by atoms with Crippen LogP contribution < -0.4 is 5.32 Å². The van der Waals surface area contributed by atoms with Crippen LogP contribution in [0.15, 0.2) is 40.9 Å². The molecular formula is C15H14N4O3S. The van der Waals surface area contributed by atoms with Crippen LogP contribution in [-0.2, 0) is 13.0 Å². The van der Waals surface area contributed by atoms with E-state index in [1.807, 2.05) is 30.3 Å². The topological polar surface area (TPSA) is 101 Å². The first-order valence-corrected chi connectivity index (χ1v) is 7.79. The molecule has 2 aromatic heterocycles. The van der Waals surface area contributed by atoms with E-state index in [2.05, 4.69) is 20.5 Å². The monoisotopic (exact) mass is 330 g/mol. The second-order valence-electron chi connectivity index (χ2n) is 4.65. The molecule has 0 aliphatic heterocycles. The van der Waals surface area contributed by atoms with Crippen LogP contribution in [0.4, 0.5) is 0 Å². The molecule has 0 fully saturated rings. The van der Waals surface area contributed by atoms with Gasteiger partial charge in [-0.2, -0.15) is 0 Å². The van der Waals surface area contributed by atoms with Crippen molar-refractivity contribution in [2.45, 2.75) is 13.0 Å². The van der Waals surface area contributed by atoms with E-state index in [4.69, 9.17) is 9.52 Å². The summed E-state index contributed by atoms with van der Waals surface area (Å²) in [6.07, 6.45) is 2.09. The number of aliphatic hydroxyl groups is 1. The lowest BCUT2D eigenvalue weighted by Gasteiger charge is -1.99. The minimum atomic E-state index is -0.291. The Balaban J connectivity index is 1.55. The Morgan fingerprint density at radius 3 is 2.74 bits per heavy atom. The Bertz CT molecular complexity index is 785. The zero-order valence-electron chi connectivity index (χ0n) is 12.1. The molecule has 0 spiro atoms. The number of hydrogen-bond donors (Lipinski definition) is 2. The summed E-state index contributed by atoms with van der Waals surface area (Å²) >= 11 is 1.34. The van der Waals surface area contributed by atoms with Gasteiger partial charge in [0.2, 0.25) is 11.8 Å². The molecule has 23 heavy (non-hydrogen) atoms. The summed E-state index contributed by atoms with van der Waals surface area (Å²) in [5, 5.41) is 19.4. The fraction of sp³-hybridized carbons (Fsp3) is 0.200. The third-order valence-corrected chi connectivity index (χ3v) is 4.07. The summed E-state index contributed by atoms with van der Waals surface area (Å²) in [6, 6.07) is 9.78. The van der Waals surface area contributed by atoms with E-state index in [9.17, 15) is 4.79 Å². The summed E-state index contributed by atoms with van der Waals surface area (Å²) < 4.78 is 5.15. The van der Waals surface area contributed by atoms with E-state index < -0.39 is 0 Å². The summed E-state index contributed by atoms with van der Waals surface area (Å²) in [5.41, 5.74) is 1.03. The Kier molecular flexibility index (Phi) is 4.74. The third kappa shape index (κ3) is 3.79. The molecule has 0 atom stereocenters. The predicted octanol–water partition coefficient (Wildman–Crippen LogP) is 1.66. The van der Waals surface area contributed by atoms with E-state index in [-0.39, 0.29) is 18.4 Å². The molecule has 1 aromatic carbocycles. The summed E-state index contributed by atoms with van der Waals surface area (Å²) in [7, 11) is 0. The molecule has 0 radical (unpaired) electrons. The van der Waals surface area contributed by atoms with Crippen LogP contribution in [0.2, 0.25) is 0 Å². The number of rotatable bonds is 6. The van der Waals surface area contributed by atoms with E-state index in [1.165, 1.54) is 11.3 Å². The van der Waals surface area contributed by atoms with E-state index in [0.29, 0.717) is 23.9 Å². The van der Waals surface area contributed by atoms with Crippen molar-refractivity contribution in [2.24, 2.45) is 0 Å². The molecule has 2 N–H and O–H groups in total. The Morgan fingerprint density at radius 1 is 1.22 bits per heavy atom. The van der Waals surface area contributed by atoms with Crippen LogP contribution in [0.1, 0.15) is 21.6 Å². The van der Waals surface area contributed by atoms with E-state index in [1.54, 1.807) is 6.20 Å². The average molecular weight is 330 g/mol. The van der Waals surface area contributed by atoms with Crippen LogP contribution in [0.25, 0.3) is 10.4 Å². The van der Waals surface area contributed by atoms with Gasteiger partial charge in [0, 0.05) is 19.2 Å². The lowest BCUT2D eigenvalue weighted by Crippen LogP contribution is -2.25. The van der Waals surface area contributed by atoms with Gasteiger partial charge < -0.3 is 14.8 Å². The number of benzene rings is 1. The minimum absolute atomic E-state index is 0.166.